The fourth-order valence-corrected chi connectivity index (χ4v) is 3.72. The van der Waals surface area contributed by atoms with E-state index in [1.54, 1.807) is 18.2 Å². The number of nitrogens with one attached hydrogen (secondary N) is 2. The van der Waals surface area contributed by atoms with Crippen molar-refractivity contribution in [2.75, 3.05) is 11.9 Å². The van der Waals surface area contributed by atoms with Gasteiger partial charge in [0, 0.05) is 12.8 Å². The highest BCUT2D eigenvalue weighted by molar-refractivity contribution is 9.10. The number of rotatable bonds is 11. The predicted molar refractivity (Wildman–Crippen MR) is 141 cm³/mol. The Morgan fingerprint density at radius 2 is 1.75 bits per heavy atom. The van der Waals surface area contributed by atoms with Gasteiger partial charge in [0.05, 0.1) is 23.0 Å². The van der Waals surface area contributed by atoms with Crippen LogP contribution in [0, 0.1) is 12.7 Å². The number of benzene rings is 3. The third-order valence-electron chi connectivity index (χ3n) is 4.97. The molecule has 3 aromatic rings. The highest BCUT2D eigenvalue weighted by Crippen LogP contribution is 2.37. The van der Waals surface area contributed by atoms with E-state index in [2.05, 4.69) is 31.8 Å². The lowest BCUT2D eigenvalue weighted by molar-refractivity contribution is -0.124. The molecule has 2 N–H and O–H groups in total. The van der Waals surface area contributed by atoms with E-state index in [1.807, 2.05) is 38.1 Å². The number of hydrazone groups is 1. The van der Waals surface area contributed by atoms with E-state index in [0.29, 0.717) is 34.7 Å². The molecular weight excluding hydrogens is 529 g/mol. The normalized spacial score (nSPS) is 10.8. The number of amides is 2. The molecule has 36 heavy (non-hydrogen) atoms. The van der Waals surface area contributed by atoms with Crippen LogP contribution in [0.4, 0.5) is 10.1 Å². The minimum absolute atomic E-state index is 0.0721. The predicted octanol–water partition coefficient (Wildman–Crippen LogP) is 5.74. The van der Waals surface area contributed by atoms with Gasteiger partial charge in [-0.2, -0.15) is 5.10 Å². The molecule has 0 aliphatic carbocycles. The standard InChI is InChI=1S/C27H27BrFN3O4/c1-3-35-24-15-20(14-21(28)27(24)36-17-19-10-8-18(2)9-11-19)16-30-32-26(34)13-12-25(33)31-23-7-5-4-6-22(23)29/h4-11,14-16H,3,12-13,17H2,1-2H3,(H,31,33)(H,32,34). The van der Waals surface area contributed by atoms with Crippen molar-refractivity contribution in [3.63, 3.8) is 0 Å². The molecule has 2 amide bonds. The molecular formula is C27H27BrFN3O4. The van der Waals surface area contributed by atoms with Crippen molar-refractivity contribution in [1.29, 1.82) is 0 Å². The monoisotopic (exact) mass is 555 g/mol. The summed E-state index contributed by atoms with van der Waals surface area (Å²) >= 11 is 3.52. The van der Waals surface area contributed by atoms with Gasteiger partial charge in [-0.1, -0.05) is 42.0 Å². The molecule has 7 nitrogen and oxygen atoms in total. The number of carbonyl (C=O) groups excluding carboxylic acids is 2. The summed E-state index contributed by atoms with van der Waals surface area (Å²) in [5, 5.41) is 6.39. The van der Waals surface area contributed by atoms with Crippen LogP contribution in [0.3, 0.4) is 0 Å². The molecule has 0 unspecified atom stereocenters. The van der Waals surface area contributed by atoms with Gasteiger partial charge in [0.25, 0.3) is 0 Å². The number of nitrogens with zero attached hydrogens (tertiary/aromatic N) is 1. The van der Waals surface area contributed by atoms with Gasteiger partial charge in [-0.3, -0.25) is 9.59 Å². The molecule has 0 bridgehead atoms. The number of carbonyl (C=O) groups is 2. The van der Waals surface area contributed by atoms with Crippen molar-refractivity contribution in [2.45, 2.75) is 33.3 Å². The highest BCUT2D eigenvalue weighted by Gasteiger charge is 2.13. The third-order valence-corrected chi connectivity index (χ3v) is 5.55. The van der Waals surface area contributed by atoms with Gasteiger partial charge in [-0.15, -0.1) is 0 Å². The molecule has 0 atom stereocenters. The molecule has 0 aromatic heterocycles. The highest BCUT2D eigenvalue weighted by atomic mass is 79.9. The maximum absolute atomic E-state index is 13.6. The van der Waals surface area contributed by atoms with Crippen molar-refractivity contribution in [3.05, 3.63) is 87.6 Å². The summed E-state index contributed by atoms with van der Waals surface area (Å²) in [7, 11) is 0. The average Bonchev–Trinajstić information content (AvgIpc) is 2.85. The lowest BCUT2D eigenvalue weighted by Gasteiger charge is -2.15. The summed E-state index contributed by atoms with van der Waals surface area (Å²) in [6.07, 6.45) is 1.26. The summed E-state index contributed by atoms with van der Waals surface area (Å²) in [6.45, 7) is 4.73. The number of hydrogen-bond acceptors (Lipinski definition) is 5. The average molecular weight is 556 g/mol. The van der Waals surface area contributed by atoms with Crippen molar-refractivity contribution in [2.24, 2.45) is 5.10 Å². The van der Waals surface area contributed by atoms with E-state index >= 15 is 0 Å². The van der Waals surface area contributed by atoms with Crippen LogP contribution < -0.4 is 20.2 Å². The molecule has 188 valence electrons. The first-order valence-corrected chi connectivity index (χ1v) is 12.2. The van der Waals surface area contributed by atoms with E-state index in [0.717, 1.165) is 5.56 Å². The summed E-state index contributed by atoms with van der Waals surface area (Å²) in [5.41, 5.74) is 5.34. The maximum atomic E-state index is 13.6. The van der Waals surface area contributed by atoms with Gasteiger partial charge in [0.2, 0.25) is 11.8 Å². The van der Waals surface area contributed by atoms with Gasteiger partial charge in [0.1, 0.15) is 12.4 Å². The van der Waals surface area contributed by atoms with Gasteiger partial charge < -0.3 is 14.8 Å². The van der Waals surface area contributed by atoms with Crippen molar-refractivity contribution < 1.29 is 23.5 Å². The van der Waals surface area contributed by atoms with Crippen LogP contribution in [-0.4, -0.2) is 24.6 Å². The third kappa shape index (κ3) is 8.20. The van der Waals surface area contributed by atoms with E-state index in [4.69, 9.17) is 9.47 Å². The maximum Gasteiger partial charge on any atom is 0.240 e. The molecule has 3 aromatic carbocycles. The Morgan fingerprint density at radius 1 is 1.03 bits per heavy atom. The van der Waals surface area contributed by atoms with Crippen LogP contribution in [0.1, 0.15) is 36.5 Å². The number of ether oxygens (including phenoxy) is 2. The molecule has 0 radical (unpaired) electrons. The Kier molecular flexibility index (Phi) is 10.00. The molecule has 0 heterocycles. The molecule has 0 spiro atoms. The van der Waals surface area contributed by atoms with E-state index in [9.17, 15) is 14.0 Å². The summed E-state index contributed by atoms with van der Waals surface area (Å²) in [6, 6.07) is 17.5. The van der Waals surface area contributed by atoms with Crippen molar-refractivity contribution >= 4 is 39.6 Å². The van der Waals surface area contributed by atoms with Crippen molar-refractivity contribution in [3.8, 4) is 11.5 Å². The summed E-state index contributed by atoms with van der Waals surface area (Å²) < 4.78 is 26.0. The molecule has 0 aliphatic heterocycles. The first-order valence-electron chi connectivity index (χ1n) is 11.4. The van der Waals surface area contributed by atoms with E-state index in [1.165, 1.54) is 30.0 Å². The molecule has 9 heteroatoms. The number of halogens is 2. The second-order valence-electron chi connectivity index (χ2n) is 7.86. The Bertz CT molecular complexity index is 1230. The zero-order valence-electron chi connectivity index (χ0n) is 20.0. The molecule has 0 saturated heterocycles. The van der Waals surface area contributed by atoms with Crippen LogP contribution in [-0.2, 0) is 16.2 Å². The Hall–Kier alpha value is -3.72. The summed E-state index contributed by atoms with van der Waals surface area (Å²) in [5.74, 6) is -0.345. The Balaban J connectivity index is 1.54. The second kappa shape index (κ2) is 13.4. The zero-order valence-corrected chi connectivity index (χ0v) is 21.6. The fraction of sp³-hybridized carbons (Fsp3) is 0.222. The Morgan fingerprint density at radius 3 is 2.47 bits per heavy atom. The van der Waals surface area contributed by atoms with Gasteiger partial charge in [-0.05, 0) is 65.2 Å². The van der Waals surface area contributed by atoms with E-state index in [-0.39, 0.29) is 18.5 Å². The van der Waals surface area contributed by atoms with Gasteiger partial charge in [0.15, 0.2) is 11.5 Å². The minimum atomic E-state index is -0.538. The van der Waals surface area contributed by atoms with Gasteiger partial charge in [-0.25, -0.2) is 9.82 Å². The van der Waals surface area contributed by atoms with E-state index < -0.39 is 17.6 Å². The summed E-state index contributed by atoms with van der Waals surface area (Å²) in [4.78, 5) is 24.0. The lowest BCUT2D eigenvalue weighted by Crippen LogP contribution is -2.21. The van der Waals surface area contributed by atoms with Crippen LogP contribution in [0.25, 0.3) is 0 Å². The SMILES string of the molecule is CCOc1cc(C=NNC(=O)CCC(=O)Nc2ccccc2F)cc(Br)c1OCc1ccc(C)cc1. The van der Waals surface area contributed by atoms with Crippen molar-refractivity contribution in [1.82, 2.24) is 5.43 Å². The number of hydrogen-bond donors (Lipinski definition) is 2. The number of aryl methyl sites for hydroxylation is 1. The quantitative estimate of drug-likeness (QED) is 0.233. The second-order valence-corrected chi connectivity index (χ2v) is 8.71. The first-order chi connectivity index (χ1) is 17.4. The molecule has 0 saturated carbocycles. The van der Waals surface area contributed by atoms with Crippen LogP contribution in [0.15, 0.2) is 70.2 Å². The number of para-hydroxylation sites is 1. The van der Waals surface area contributed by atoms with Gasteiger partial charge >= 0.3 is 0 Å². The Labute approximate surface area is 217 Å². The lowest BCUT2D eigenvalue weighted by atomic mass is 10.2. The van der Waals surface area contributed by atoms with Crippen LogP contribution in [0.5, 0.6) is 11.5 Å². The topological polar surface area (TPSA) is 89.0 Å². The smallest absolute Gasteiger partial charge is 0.240 e. The fourth-order valence-electron chi connectivity index (χ4n) is 3.14. The minimum Gasteiger partial charge on any atom is -0.490 e. The molecule has 3 rings (SSSR count). The molecule has 0 fully saturated rings. The zero-order chi connectivity index (χ0) is 25.9. The number of anilines is 1. The largest absolute Gasteiger partial charge is 0.490 e. The molecule has 0 aliphatic rings. The van der Waals surface area contributed by atoms with Crippen LogP contribution >= 0.6 is 15.9 Å². The van der Waals surface area contributed by atoms with Crippen LogP contribution in [0.2, 0.25) is 0 Å². The first kappa shape index (κ1) is 26.9.